The van der Waals surface area contributed by atoms with Gasteiger partial charge in [0.25, 0.3) is 0 Å². The highest BCUT2D eigenvalue weighted by atomic mass is 35.5. The smallest absolute Gasteiger partial charge is 0.375 e. The summed E-state index contributed by atoms with van der Waals surface area (Å²) in [5.41, 5.74) is 3.60. The van der Waals surface area contributed by atoms with E-state index in [1.807, 2.05) is 12.1 Å². The van der Waals surface area contributed by atoms with Crippen molar-refractivity contribution in [3.8, 4) is 22.8 Å². The van der Waals surface area contributed by atoms with Crippen molar-refractivity contribution in [2.45, 2.75) is 65.1 Å². The molecule has 4 aromatic rings. The predicted molar refractivity (Wildman–Crippen MR) is 145 cm³/mol. The monoisotopic (exact) mass is 537 g/mol. The summed E-state index contributed by atoms with van der Waals surface area (Å²) in [6.45, 7) is 8.87. The van der Waals surface area contributed by atoms with Gasteiger partial charge in [-0.15, -0.1) is 0 Å². The van der Waals surface area contributed by atoms with Gasteiger partial charge in [-0.1, -0.05) is 36.5 Å². The average molecular weight is 538 g/mol. The number of morpholine rings is 1. The molecule has 1 aliphatic carbocycles. The zero-order valence-corrected chi connectivity index (χ0v) is 22.6. The third-order valence-corrected chi connectivity index (χ3v) is 8.29. The second-order valence-corrected chi connectivity index (χ2v) is 11.2. The highest BCUT2D eigenvalue weighted by molar-refractivity contribution is 6.30. The topological polar surface area (TPSA) is 115 Å². The number of hydrogen-bond acceptors (Lipinski definition) is 8. The molecule has 0 amide bonds. The molecule has 1 saturated heterocycles. The van der Waals surface area contributed by atoms with E-state index < -0.39 is 5.76 Å². The van der Waals surface area contributed by atoms with Crippen LogP contribution in [-0.4, -0.2) is 55.0 Å². The normalized spacial score (nSPS) is 24.3. The summed E-state index contributed by atoms with van der Waals surface area (Å²) in [5, 5.41) is 4.39. The predicted octanol–water partition coefficient (Wildman–Crippen LogP) is 4.93. The lowest BCUT2D eigenvalue weighted by Gasteiger charge is -2.39. The summed E-state index contributed by atoms with van der Waals surface area (Å²) in [4.78, 5) is 31.2. The first kappa shape index (κ1) is 25.1. The lowest BCUT2D eigenvalue weighted by Crippen LogP contribution is -2.49. The lowest BCUT2D eigenvalue weighted by molar-refractivity contribution is 0.0274. The van der Waals surface area contributed by atoms with E-state index in [0.717, 1.165) is 41.6 Å². The van der Waals surface area contributed by atoms with Gasteiger partial charge in [-0.2, -0.15) is 0 Å². The van der Waals surface area contributed by atoms with Crippen molar-refractivity contribution in [1.82, 2.24) is 29.7 Å². The molecule has 2 fully saturated rings. The van der Waals surface area contributed by atoms with Crippen LogP contribution in [0, 0.1) is 11.8 Å². The van der Waals surface area contributed by atoms with Crippen LogP contribution in [0.25, 0.3) is 33.8 Å². The van der Waals surface area contributed by atoms with Gasteiger partial charge in [-0.3, -0.25) is 14.5 Å². The van der Waals surface area contributed by atoms with Crippen molar-refractivity contribution in [3.05, 3.63) is 40.1 Å². The van der Waals surface area contributed by atoms with Crippen molar-refractivity contribution in [1.29, 1.82) is 0 Å². The molecule has 2 atom stereocenters. The van der Waals surface area contributed by atoms with E-state index in [1.165, 1.54) is 25.7 Å². The number of rotatable bonds is 5. The number of ether oxygens (including phenoxy) is 1. The Hall–Kier alpha value is -3.24. The molecule has 1 saturated carbocycles. The van der Waals surface area contributed by atoms with Gasteiger partial charge in [-0.05, 0) is 50.7 Å². The fourth-order valence-electron chi connectivity index (χ4n) is 5.73. The van der Waals surface area contributed by atoms with Crippen molar-refractivity contribution >= 4 is 28.6 Å². The van der Waals surface area contributed by atoms with Gasteiger partial charge >= 0.3 is 5.76 Å². The molecule has 0 aromatic carbocycles. The second kappa shape index (κ2) is 10.1. The van der Waals surface area contributed by atoms with E-state index in [1.54, 1.807) is 12.4 Å². The van der Waals surface area contributed by atoms with Gasteiger partial charge in [-0.25, -0.2) is 14.8 Å². The van der Waals surface area contributed by atoms with E-state index in [2.05, 4.69) is 45.4 Å². The molecule has 5 heterocycles. The molecule has 2 aliphatic rings. The zero-order chi connectivity index (χ0) is 26.4. The number of aromatic nitrogens is 6. The molecule has 0 unspecified atom stereocenters. The molecule has 200 valence electrons. The van der Waals surface area contributed by atoms with E-state index in [-0.39, 0.29) is 18.0 Å². The molecule has 6 rings (SSSR count). The van der Waals surface area contributed by atoms with Crippen LogP contribution in [0.3, 0.4) is 0 Å². The maximum atomic E-state index is 11.7. The van der Waals surface area contributed by atoms with Gasteiger partial charge in [0.1, 0.15) is 5.69 Å². The third kappa shape index (κ3) is 4.71. The third-order valence-electron chi connectivity index (χ3n) is 8.08. The van der Waals surface area contributed by atoms with Crippen LogP contribution in [0.15, 0.2) is 33.8 Å². The van der Waals surface area contributed by atoms with Crippen LogP contribution >= 0.6 is 11.6 Å². The number of H-pyrrole nitrogens is 1. The Morgan fingerprint density at radius 1 is 1.11 bits per heavy atom. The van der Waals surface area contributed by atoms with Crippen molar-refractivity contribution < 1.29 is 9.26 Å². The Morgan fingerprint density at radius 2 is 1.92 bits per heavy atom. The summed E-state index contributed by atoms with van der Waals surface area (Å²) < 4.78 is 13.0. The van der Waals surface area contributed by atoms with Crippen molar-refractivity contribution in [3.63, 3.8) is 0 Å². The summed E-state index contributed by atoms with van der Waals surface area (Å²) in [6, 6.07) is 3.87. The minimum absolute atomic E-state index is 0.0815. The number of fused-ring (bicyclic) bond motifs is 1. The quantitative estimate of drug-likeness (QED) is 0.381. The standard InChI is InChI=1S/C27H32ClN7O3/c1-15-4-6-18(7-5-15)14-35-24-21(31-26(35)34-8-9-37-17(3)16(34)2)11-22(25-32-27(36)38-33-25)30-23(24)19-10-20(28)13-29-12-19/h10-13,15-18H,4-9,14H2,1-3H3,(H,32,33,36)/t15-,16-,17-,18-/m1/s1. The van der Waals surface area contributed by atoms with E-state index in [4.69, 9.17) is 30.8 Å². The molecule has 0 spiro atoms. The number of halogens is 1. The Morgan fingerprint density at radius 3 is 2.66 bits per heavy atom. The molecule has 0 radical (unpaired) electrons. The first-order valence-corrected chi connectivity index (χ1v) is 13.7. The van der Waals surface area contributed by atoms with E-state index >= 15 is 0 Å². The van der Waals surface area contributed by atoms with Gasteiger partial charge in [0, 0.05) is 31.0 Å². The summed E-state index contributed by atoms with van der Waals surface area (Å²) in [7, 11) is 0. The number of anilines is 1. The zero-order valence-electron chi connectivity index (χ0n) is 21.9. The molecule has 0 bridgehead atoms. The summed E-state index contributed by atoms with van der Waals surface area (Å²) in [6.07, 6.45) is 8.29. The molecule has 1 aliphatic heterocycles. The first-order valence-electron chi connectivity index (χ1n) is 13.3. The summed E-state index contributed by atoms with van der Waals surface area (Å²) >= 11 is 6.37. The van der Waals surface area contributed by atoms with Crippen molar-refractivity contribution in [2.24, 2.45) is 11.8 Å². The highest BCUT2D eigenvalue weighted by Gasteiger charge is 2.32. The van der Waals surface area contributed by atoms with Crippen LogP contribution < -0.4 is 10.7 Å². The van der Waals surface area contributed by atoms with Crippen molar-refractivity contribution in [2.75, 3.05) is 18.1 Å². The largest absolute Gasteiger partial charge is 0.439 e. The van der Waals surface area contributed by atoms with E-state index in [9.17, 15) is 4.79 Å². The second-order valence-electron chi connectivity index (χ2n) is 10.7. The van der Waals surface area contributed by atoms with Gasteiger partial charge in [0.2, 0.25) is 11.8 Å². The number of pyridine rings is 2. The molecule has 11 heteroatoms. The molecule has 10 nitrogen and oxygen atoms in total. The van der Waals surface area contributed by atoms with Gasteiger partial charge < -0.3 is 14.2 Å². The fourth-order valence-corrected chi connectivity index (χ4v) is 5.90. The molecule has 1 N–H and O–H groups in total. The maximum Gasteiger partial charge on any atom is 0.439 e. The molecular formula is C27H32ClN7O3. The van der Waals surface area contributed by atoms with Crippen LogP contribution in [0.4, 0.5) is 5.95 Å². The number of aromatic amines is 1. The van der Waals surface area contributed by atoms with Gasteiger partial charge in [0.05, 0.1) is 40.5 Å². The SMILES string of the molecule is C[C@@H]1[C@@H](C)OCCN1c1nc2cc(-c3noc(=O)[nH]3)nc(-c3cncc(Cl)c3)c2n1C[C@H]1CC[C@H](C)CC1. The lowest BCUT2D eigenvalue weighted by atomic mass is 9.83. The fraction of sp³-hybridized carbons (Fsp3) is 0.519. The highest BCUT2D eigenvalue weighted by Crippen LogP contribution is 2.38. The Labute approximate surface area is 225 Å². The average Bonchev–Trinajstić information content (AvgIpc) is 3.50. The maximum absolute atomic E-state index is 11.7. The minimum Gasteiger partial charge on any atom is -0.375 e. The van der Waals surface area contributed by atoms with Crippen LogP contribution in [0.5, 0.6) is 0 Å². The Kier molecular flexibility index (Phi) is 6.69. The molecule has 4 aromatic heterocycles. The Bertz CT molecular complexity index is 1500. The van der Waals surface area contributed by atoms with Crippen LogP contribution in [0.2, 0.25) is 5.02 Å². The molecular weight excluding hydrogens is 506 g/mol. The number of nitrogens with zero attached hydrogens (tertiary/aromatic N) is 6. The minimum atomic E-state index is -0.637. The number of imidazole rings is 1. The molecule has 38 heavy (non-hydrogen) atoms. The number of hydrogen-bond donors (Lipinski definition) is 1. The first-order chi connectivity index (χ1) is 18.4. The van der Waals surface area contributed by atoms with Crippen LogP contribution in [0.1, 0.15) is 46.5 Å². The van der Waals surface area contributed by atoms with Gasteiger partial charge in [0.15, 0.2) is 0 Å². The number of nitrogens with one attached hydrogen (secondary N) is 1. The van der Waals surface area contributed by atoms with E-state index in [0.29, 0.717) is 28.9 Å². The van der Waals surface area contributed by atoms with Crippen LogP contribution in [-0.2, 0) is 11.3 Å². The Balaban J connectivity index is 1.58. The summed E-state index contributed by atoms with van der Waals surface area (Å²) in [5.74, 6) is 1.84.